The van der Waals surface area contributed by atoms with Crippen molar-refractivity contribution in [2.24, 2.45) is 11.7 Å². The van der Waals surface area contributed by atoms with E-state index < -0.39 is 0 Å². The second-order valence-electron chi connectivity index (χ2n) is 3.67. The zero-order chi connectivity index (χ0) is 9.97. The van der Waals surface area contributed by atoms with Crippen LogP contribution in [-0.2, 0) is 4.74 Å². The van der Waals surface area contributed by atoms with E-state index in [-0.39, 0.29) is 6.04 Å². The Morgan fingerprint density at radius 2 is 2.50 bits per heavy atom. The lowest BCUT2D eigenvalue weighted by Crippen LogP contribution is -2.28. The average molecular weight is 276 g/mol. The molecule has 0 spiro atoms. The Kier molecular flexibility index (Phi) is 3.60. The minimum absolute atomic E-state index is 0.145. The van der Waals surface area contributed by atoms with Gasteiger partial charge in [-0.25, -0.2) is 0 Å². The molecular formula is C10H14BrNOS. The number of ether oxygens (including phenoxy) is 1. The molecule has 2 N–H and O–H groups in total. The van der Waals surface area contributed by atoms with Crippen molar-refractivity contribution in [1.29, 1.82) is 0 Å². The van der Waals surface area contributed by atoms with Crippen LogP contribution in [0.1, 0.15) is 23.8 Å². The van der Waals surface area contributed by atoms with Crippen molar-refractivity contribution in [3.8, 4) is 0 Å². The van der Waals surface area contributed by atoms with Crippen LogP contribution in [0.5, 0.6) is 0 Å². The molecule has 4 heteroatoms. The van der Waals surface area contributed by atoms with Gasteiger partial charge in [0.1, 0.15) is 0 Å². The molecule has 1 saturated heterocycles. The van der Waals surface area contributed by atoms with Crippen LogP contribution in [0, 0.1) is 5.92 Å². The highest BCUT2D eigenvalue weighted by Gasteiger charge is 2.23. The Balaban J connectivity index is 2.03. The topological polar surface area (TPSA) is 35.2 Å². The van der Waals surface area contributed by atoms with Crippen molar-refractivity contribution in [2.75, 3.05) is 13.2 Å². The summed E-state index contributed by atoms with van der Waals surface area (Å²) in [5.74, 6) is 0.495. The van der Waals surface area contributed by atoms with Gasteiger partial charge in [0, 0.05) is 33.3 Å². The summed E-state index contributed by atoms with van der Waals surface area (Å²) in [4.78, 5) is 1.26. The molecule has 14 heavy (non-hydrogen) atoms. The molecule has 2 nitrogen and oxygen atoms in total. The maximum Gasteiger partial charge on any atom is 0.0512 e. The van der Waals surface area contributed by atoms with E-state index in [4.69, 9.17) is 10.5 Å². The van der Waals surface area contributed by atoms with E-state index in [1.165, 1.54) is 11.3 Å². The van der Waals surface area contributed by atoms with Gasteiger partial charge < -0.3 is 10.5 Å². The number of thiophene rings is 1. The van der Waals surface area contributed by atoms with Gasteiger partial charge in [-0.2, -0.15) is 0 Å². The Morgan fingerprint density at radius 1 is 1.64 bits per heavy atom. The molecule has 0 bridgehead atoms. The van der Waals surface area contributed by atoms with Crippen LogP contribution < -0.4 is 5.73 Å². The molecule has 1 aliphatic rings. The first-order valence-electron chi connectivity index (χ1n) is 4.84. The first-order chi connectivity index (χ1) is 6.77. The van der Waals surface area contributed by atoms with Crippen molar-refractivity contribution in [3.63, 3.8) is 0 Å². The van der Waals surface area contributed by atoms with Gasteiger partial charge in [0.2, 0.25) is 0 Å². The number of hydrogen-bond donors (Lipinski definition) is 1. The Labute approximate surface area is 96.6 Å². The zero-order valence-electron chi connectivity index (χ0n) is 7.91. The van der Waals surface area contributed by atoms with E-state index in [0.717, 1.165) is 24.1 Å². The molecule has 1 aliphatic heterocycles. The maximum absolute atomic E-state index is 6.19. The van der Waals surface area contributed by atoms with E-state index in [0.29, 0.717) is 5.92 Å². The molecule has 1 aromatic heterocycles. The lowest BCUT2D eigenvalue weighted by molar-refractivity contribution is 0.0452. The monoisotopic (exact) mass is 275 g/mol. The predicted octanol–water partition coefficient (Wildman–Crippen LogP) is 2.94. The van der Waals surface area contributed by atoms with Crippen LogP contribution in [0.4, 0.5) is 0 Å². The molecule has 2 unspecified atom stereocenters. The fourth-order valence-corrected chi connectivity index (χ4v) is 3.32. The van der Waals surface area contributed by atoms with Crippen LogP contribution >= 0.6 is 27.3 Å². The third kappa shape index (κ3) is 2.37. The van der Waals surface area contributed by atoms with Crippen molar-refractivity contribution in [1.82, 2.24) is 0 Å². The lowest BCUT2D eigenvalue weighted by atomic mass is 9.93. The van der Waals surface area contributed by atoms with E-state index in [9.17, 15) is 0 Å². The second-order valence-corrected chi connectivity index (χ2v) is 5.53. The highest BCUT2D eigenvalue weighted by atomic mass is 79.9. The fourth-order valence-electron chi connectivity index (χ4n) is 1.78. The van der Waals surface area contributed by atoms with Crippen molar-refractivity contribution in [3.05, 3.63) is 20.8 Å². The summed E-state index contributed by atoms with van der Waals surface area (Å²) in [6.45, 7) is 1.72. The Morgan fingerprint density at radius 3 is 3.07 bits per heavy atom. The van der Waals surface area contributed by atoms with Gasteiger partial charge in [0.25, 0.3) is 0 Å². The van der Waals surface area contributed by atoms with E-state index >= 15 is 0 Å². The van der Waals surface area contributed by atoms with E-state index in [2.05, 4.69) is 27.4 Å². The zero-order valence-corrected chi connectivity index (χ0v) is 10.3. The fraction of sp³-hybridized carbons (Fsp3) is 0.600. The van der Waals surface area contributed by atoms with Crippen molar-refractivity contribution < 1.29 is 4.74 Å². The summed E-state index contributed by atoms with van der Waals surface area (Å²) in [7, 11) is 0. The van der Waals surface area contributed by atoms with Gasteiger partial charge in [-0.15, -0.1) is 11.3 Å². The van der Waals surface area contributed by atoms with E-state index in [1.54, 1.807) is 11.3 Å². The van der Waals surface area contributed by atoms with Gasteiger partial charge >= 0.3 is 0 Å². The second kappa shape index (κ2) is 4.75. The largest absolute Gasteiger partial charge is 0.381 e. The minimum Gasteiger partial charge on any atom is -0.381 e. The molecule has 0 aliphatic carbocycles. The van der Waals surface area contributed by atoms with Crippen LogP contribution in [0.15, 0.2) is 15.9 Å². The van der Waals surface area contributed by atoms with Gasteiger partial charge in [-0.05, 0) is 34.8 Å². The molecular weight excluding hydrogens is 262 g/mol. The molecule has 0 radical (unpaired) electrons. The quantitative estimate of drug-likeness (QED) is 0.901. The van der Waals surface area contributed by atoms with Crippen LogP contribution in [-0.4, -0.2) is 13.2 Å². The molecule has 2 atom stereocenters. The average Bonchev–Trinajstić information content (AvgIpc) is 2.65. The summed E-state index contributed by atoms with van der Waals surface area (Å²) in [5.41, 5.74) is 6.19. The third-order valence-corrected chi connectivity index (χ3v) is 4.41. The van der Waals surface area contributed by atoms with Crippen LogP contribution in [0.2, 0.25) is 0 Å². The molecule has 0 saturated carbocycles. The summed E-state index contributed by atoms with van der Waals surface area (Å²) >= 11 is 5.17. The summed E-state index contributed by atoms with van der Waals surface area (Å²) < 4.78 is 6.57. The number of nitrogens with two attached hydrogens (primary N) is 1. The summed E-state index contributed by atoms with van der Waals surface area (Å²) in [5, 5.41) is 2.08. The van der Waals surface area contributed by atoms with Gasteiger partial charge in [0.05, 0.1) is 6.61 Å². The Hall–Kier alpha value is 0.1000. The highest BCUT2D eigenvalue weighted by molar-refractivity contribution is 9.10. The highest BCUT2D eigenvalue weighted by Crippen LogP contribution is 2.32. The SMILES string of the molecule is NC(c1cc(Br)cs1)C1CCCOC1. The summed E-state index contributed by atoms with van der Waals surface area (Å²) in [6, 6.07) is 2.26. The number of halogens is 1. The molecule has 1 fully saturated rings. The molecule has 0 aromatic carbocycles. The molecule has 2 heterocycles. The van der Waals surface area contributed by atoms with Crippen LogP contribution in [0.25, 0.3) is 0 Å². The first kappa shape index (κ1) is 10.6. The number of hydrogen-bond acceptors (Lipinski definition) is 3. The molecule has 2 rings (SSSR count). The minimum atomic E-state index is 0.145. The lowest BCUT2D eigenvalue weighted by Gasteiger charge is -2.26. The van der Waals surface area contributed by atoms with Crippen molar-refractivity contribution in [2.45, 2.75) is 18.9 Å². The van der Waals surface area contributed by atoms with Crippen LogP contribution in [0.3, 0.4) is 0 Å². The normalized spacial score (nSPS) is 24.9. The molecule has 0 amide bonds. The molecule has 78 valence electrons. The number of rotatable bonds is 2. The van der Waals surface area contributed by atoms with Gasteiger partial charge in [-0.3, -0.25) is 0 Å². The Bertz CT molecular complexity index is 296. The third-order valence-electron chi connectivity index (χ3n) is 2.62. The molecule has 1 aromatic rings. The smallest absolute Gasteiger partial charge is 0.0512 e. The summed E-state index contributed by atoms with van der Waals surface area (Å²) in [6.07, 6.45) is 2.33. The predicted molar refractivity (Wildman–Crippen MR) is 62.5 cm³/mol. The standard InChI is InChI=1S/C10H14BrNOS/c11-8-4-9(14-6-8)10(12)7-2-1-3-13-5-7/h4,6-7,10H,1-3,5,12H2. The van der Waals surface area contributed by atoms with Gasteiger partial charge in [0.15, 0.2) is 0 Å². The first-order valence-corrected chi connectivity index (χ1v) is 6.52. The van der Waals surface area contributed by atoms with Gasteiger partial charge in [-0.1, -0.05) is 0 Å². The maximum atomic E-state index is 6.19. The van der Waals surface area contributed by atoms with Crippen molar-refractivity contribution >= 4 is 27.3 Å². The van der Waals surface area contributed by atoms with E-state index in [1.807, 2.05) is 0 Å².